The van der Waals surface area contributed by atoms with Crippen LogP contribution in [0, 0.1) is 6.92 Å². The van der Waals surface area contributed by atoms with Crippen molar-refractivity contribution in [2.45, 2.75) is 51.8 Å². The minimum absolute atomic E-state index is 0.0811. The first-order valence-corrected chi connectivity index (χ1v) is 5.78. The maximum atomic E-state index is 12.9. The van der Waals surface area contributed by atoms with Crippen LogP contribution < -0.4 is 0 Å². The van der Waals surface area contributed by atoms with E-state index in [1.54, 1.807) is 19.1 Å². The summed E-state index contributed by atoms with van der Waals surface area (Å²) in [4.78, 5) is 0. The fraction of sp³-hybridized carbons (Fsp3) is 0.571. The molecule has 0 saturated carbocycles. The molecule has 0 radical (unpaired) electrons. The third kappa shape index (κ3) is 2.69. The van der Waals surface area contributed by atoms with Crippen LogP contribution in [-0.4, -0.2) is 11.3 Å². The van der Waals surface area contributed by atoms with Gasteiger partial charge in [0.15, 0.2) is 5.60 Å². The standard InChI is InChI=1S/C14H19F3O/c1-9-6-7-10(12(2,3)4)8-11(9)13(5,18)14(15,16)17/h6-8,18H,1-5H3. The molecule has 0 heterocycles. The van der Waals surface area contributed by atoms with E-state index in [2.05, 4.69) is 0 Å². The number of benzene rings is 1. The molecule has 1 rings (SSSR count). The van der Waals surface area contributed by atoms with Gasteiger partial charge >= 0.3 is 6.18 Å². The predicted octanol–water partition coefficient (Wildman–Crippen LogP) is 4.06. The number of hydrogen-bond donors (Lipinski definition) is 1. The van der Waals surface area contributed by atoms with Crippen LogP contribution in [0.2, 0.25) is 0 Å². The van der Waals surface area contributed by atoms with Crippen LogP contribution >= 0.6 is 0 Å². The Kier molecular flexibility index (Phi) is 3.56. The summed E-state index contributed by atoms with van der Waals surface area (Å²) in [5.74, 6) is 0. The van der Waals surface area contributed by atoms with Gasteiger partial charge < -0.3 is 5.11 Å². The van der Waals surface area contributed by atoms with E-state index in [0.717, 1.165) is 12.5 Å². The van der Waals surface area contributed by atoms with Gasteiger partial charge in [0.2, 0.25) is 0 Å². The van der Waals surface area contributed by atoms with Crippen molar-refractivity contribution in [1.82, 2.24) is 0 Å². The lowest BCUT2D eigenvalue weighted by Crippen LogP contribution is -2.40. The van der Waals surface area contributed by atoms with Crippen LogP contribution in [0.3, 0.4) is 0 Å². The highest BCUT2D eigenvalue weighted by atomic mass is 19.4. The van der Waals surface area contributed by atoms with Crippen molar-refractivity contribution >= 4 is 0 Å². The van der Waals surface area contributed by atoms with E-state index in [1.165, 1.54) is 6.07 Å². The molecule has 1 N–H and O–H groups in total. The van der Waals surface area contributed by atoms with E-state index in [9.17, 15) is 18.3 Å². The molecule has 0 aromatic heterocycles. The third-order valence-electron chi connectivity index (χ3n) is 3.18. The zero-order valence-electron chi connectivity index (χ0n) is 11.3. The molecule has 0 bridgehead atoms. The van der Waals surface area contributed by atoms with Crippen molar-refractivity contribution in [3.8, 4) is 0 Å². The molecule has 0 saturated heterocycles. The fourth-order valence-corrected chi connectivity index (χ4v) is 1.77. The van der Waals surface area contributed by atoms with Gasteiger partial charge in [0.1, 0.15) is 0 Å². The van der Waals surface area contributed by atoms with Gasteiger partial charge in [0.25, 0.3) is 0 Å². The van der Waals surface area contributed by atoms with Crippen LogP contribution in [0.4, 0.5) is 13.2 Å². The van der Waals surface area contributed by atoms with E-state index in [4.69, 9.17) is 0 Å². The molecule has 1 unspecified atom stereocenters. The van der Waals surface area contributed by atoms with Crippen molar-refractivity contribution in [3.63, 3.8) is 0 Å². The van der Waals surface area contributed by atoms with Crippen LogP contribution in [-0.2, 0) is 11.0 Å². The summed E-state index contributed by atoms with van der Waals surface area (Å²) < 4.78 is 38.6. The fourth-order valence-electron chi connectivity index (χ4n) is 1.77. The Morgan fingerprint density at radius 3 is 1.89 bits per heavy atom. The second-order valence-corrected chi connectivity index (χ2v) is 5.85. The van der Waals surface area contributed by atoms with Crippen LogP contribution in [0.1, 0.15) is 44.4 Å². The van der Waals surface area contributed by atoms with Gasteiger partial charge in [-0.3, -0.25) is 0 Å². The summed E-state index contributed by atoms with van der Waals surface area (Å²) in [5.41, 5.74) is -1.96. The highest BCUT2D eigenvalue weighted by molar-refractivity contribution is 5.38. The van der Waals surface area contributed by atoms with E-state index < -0.39 is 11.8 Å². The lowest BCUT2D eigenvalue weighted by molar-refractivity contribution is -0.259. The molecule has 0 aliphatic carbocycles. The molecular weight excluding hydrogens is 241 g/mol. The third-order valence-corrected chi connectivity index (χ3v) is 3.18. The SMILES string of the molecule is Cc1ccc(C(C)(C)C)cc1C(C)(O)C(F)(F)F. The summed E-state index contributed by atoms with van der Waals surface area (Å²) in [6.07, 6.45) is -4.69. The highest BCUT2D eigenvalue weighted by Gasteiger charge is 2.51. The average molecular weight is 260 g/mol. The Morgan fingerprint density at radius 1 is 1.00 bits per heavy atom. The van der Waals surface area contributed by atoms with Gasteiger partial charge in [-0.15, -0.1) is 0 Å². The molecule has 0 aliphatic heterocycles. The van der Waals surface area contributed by atoms with E-state index in [1.807, 2.05) is 20.8 Å². The van der Waals surface area contributed by atoms with Gasteiger partial charge in [0.05, 0.1) is 0 Å². The van der Waals surface area contributed by atoms with Gasteiger partial charge in [-0.1, -0.05) is 39.0 Å². The normalized spacial score (nSPS) is 16.5. The van der Waals surface area contributed by atoms with Crippen molar-refractivity contribution in [2.75, 3.05) is 0 Å². The first-order valence-electron chi connectivity index (χ1n) is 5.78. The molecule has 102 valence electrons. The Hall–Kier alpha value is -1.03. The molecule has 1 nitrogen and oxygen atoms in total. The molecule has 4 heteroatoms. The van der Waals surface area contributed by atoms with Crippen LogP contribution in [0.15, 0.2) is 18.2 Å². The Labute approximate surface area is 106 Å². The molecule has 0 aliphatic rings. The maximum absolute atomic E-state index is 12.9. The predicted molar refractivity (Wildman–Crippen MR) is 65.5 cm³/mol. The van der Waals surface area contributed by atoms with Gasteiger partial charge in [-0.05, 0) is 36.0 Å². The summed E-state index contributed by atoms with van der Waals surface area (Å²) in [7, 11) is 0. The molecule has 1 atom stereocenters. The summed E-state index contributed by atoms with van der Waals surface area (Å²) in [6.45, 7) is 8.13. The largest absolute Gasteiger partial charge is 0.421 e. The summed E-state index contributed by atoms with van der Waals surface area (Å²) in [6, 6.07) is 4.87. The van der Waals surface area contributed by atoms with Crippen molar-refractivity contribution in [3.05, 3.63) is 34.9 Å². The Morgan fingerprint density at radius 2 is 1.50 bits per heavy atom. The Bertz CT molecular complexity index is 439. The maximum Gasteiger partial charge on any atom is 0.421 e. The molecule has 1 aromatic rings. The van der Waals surface area contributed by atoms with Gasteiger partial charge in [0, 0.05) is 0 Å². The first-order chi connectivity index (χ1) is 7.87. The molecule has 0 fully saturated rings. The van der Waals surface area contributed by atoms with Crippen molar-refractivity contribution in [2.24, 2.45) is 0 Å². The number of halogens is 3. The number of aryl methyl sites for hydroxylation is 1. The second kappa shape index (κ2) is 4.26. The number of aliphatic hydroxyl groups is 1. The number of rotatable bonds is 1. The molecule has 0 spiro atoms. The van der Waals surface area contributed by atoms with Gasteiger partial charge in [-0.25, -0.2) is 0 Å². The number of hydrogen-bond acceptors (Lipinski definition) is 1. The lowest BCUT2D eigenvalue weighted by Gasteiger charge is -2.30. The smallest absolute Gasteiger partial charge is 0.376 e. The topological polar surface area (TPSA) is 20.2 Å². The number of alkyl halides is 3. The molecule has 0 amide bonds. The van der Waals surface area contributed by atoms with Crippen molar-refractivity contribution in [1.29, 1.82) is 0 Å². The van der Waals surface area contributed by atoms with Crippen molar-refractivity contribution < 1.29 is 18.3 Å². The van der Waals surface area contributed by atoms with Crippen LogP contribution in [0.25, 0.3) is 0 Å². The summed E-state index contributed by atoms with van der Waals surface area (Å²) >= 11 is 0. The monoisotopic (exact) mass is 260 g/mol. The summed E-state index contributed by atoms with van der Waals surface area (Å²) in [5, 5.41) is 9.77. The Balaban J connectivity index is 3.42. The van der Waals surface area contributed by atoms with E-state index in [0.29, 0.717) is 5.56 Å². The van der Waals surface area contributed by atoms with Gasteiger partial charge in [-0.2, -0.15) is 13.2 Å². The minimum atomic E-state index is -4.69. The lowest BCUT2D eigenvalue weighted by atomic mass is 9.82. The molecular formula is C14H19F3O. The average Bonchev–Trinajstić information content (AvgIpc) is 2.14. The molecule has 18 heavy (non-hydrogen) atoms. The zero-order chi connectivity index (χ0) is 14.4. The van der Waals surface area contributed by atoms with E-state index >= 15 is 0 Å². The minimum Gasteiger partial charge on any atom is -0.376 e. The van der Waals surface area contributed by atoms with E-state index in [-0.39, 0.29) is 11.0 Å². The highest BCUT2D eigenvalue weighted by Crippen LogP contribution is 2.41. The molecule has 1 aromatic carbocycles. The van der Waals surface area contributed by atoms with Crippen LogP contribution in [0.5, 0.6) is 0 Å². The second-order valence-electron chi connectivity index (χ2n) is 5.85. The quantitative estimate of drug-likeness (QED) is 0.807. The first kappa shape index (κ1) is 15.0. The zero-order valence-corrected chi connectivity index (χ0v) is 11.3.